The molecule has 1 rings (SSSR count). The first-order valence-corrected chi connectivity index (χ1v) is 5.44. The van der Waals surface area contributed by atoms with E-state index in [1.807, 2.05) is 6.08 Å². The van der Waals surface area contributed by atoms with Crippen molar-refractivity contribution in [1.82, 2.24) is 16.0 Å². The van der Waals surface area contributed by atoms with Gasteiger partial charge in [0.2, 0.25) is 0 Å². The van der Waals surface area contributed by atoms with Gasteiger partial charge in [-0.1, -0.05) is 11.6 Å². The molecule has 98 valence electrons. The highest BCUT2D eigenvalue weighted by Crippen LogP contribution is 2.12. The van der Waals surface area contributed by atoms with Gasteiger partial charge in [0.15, 0.2) is 0 Å². The predicted octanol–water partition coefficient (Wildman–Crippen LogP) is 1.16. The lowest BCUT2D eigenvalue weighted by atomic mass is 10.1. The smallest absolute Gasteiger partial charge is 0.338 e. The van der Waals surface area contributed by atoms with Gasteiger partial charge in [0.25, 0.3) is 0 Å². The molecule has 1 aliphatic heterocycles. The van der Waals surface area contributed by atoms with Crippen LogP contribution in [0, 0.1) is 0 Å². The Hall–Kier alpha value is -1.24. The Labute approximate surface area is 97.6 Å². The zero-order valence-corrected chi connectivity index (χ0v) is 9.36. The molecule has 2 amide bonds. The Morgan fingerprint density at radius 3 is 2.76 bits per heavy atom. The second-order valence-corrected chi connectivity index (χ2v) is 3.79. The minimum Gasteiger partial charge on any atom is -0.338 e. The summed E-state index contributed by atoms with van der Waals surface area (Å²) in [4.78, 5) is 11.0. The molecule has 7 heteroatoms. The lowest BCUT2D eigenvalue weighted by Gasteiger charge is -2.14. The van der Waals surface area contributed by atoms with Crippen LogP contribution < -0.4 is 16.0 Å². The maximum absolute atomic E-state index is 11.8. The van der Waals surface area contributed by atoms with Crippen LogP contribution >= 0.6 is 0 Å². The van der Waals surface area contributed by atoms with Gasteiger partial charge in [-0.15, -0.1) is 0 Å². The molecule has 0 aromatic rings. The minimum atomic E-state index is -4.37. The van der Waals surface area contributed by atoms with Crippen molar-refractivity contribution in [2.45, 2.75) is 19.0 Å². The number of amides is 2. The van der Waals surface area contributed by atoms with Crippen LogP contribution in [0.15, 0.2) is 11.6 Å². The molecule has 0 fully saturated rings. The standard InChI is InChI=1S/C10H16F3N3O/c11-10(12,13)7-16-9(17)15-6-3-8-1-4-14-5-2-8/h1,14H,2-7H2,(H2,15,16,17). The summed E-state index contributed by atoms with van der Waals surface area (Å²) < 4.78 is 35.3. The molecule has 0 aromatic heterocycles. The Balaban J connectivity index is 2.09. The summed E-state index contributed by atoms with van der Waals surface area (Å²) in [5.41, 5.74) is 1.22. The predicted molar refractivity (Wildman–Crippen MR) is 57.6 cm³/mol. The van der Waals surface area contributed by atoms with E-state index in [9.17, 15) is 18.0 Å². The van der Waals surface area contributed by atoms with Gasteiger partial charge in [-0.3, -0.25) is 0 Å². The molecule has 0 unspecified atom stereocenters. The number of carbonyl (C=O) groups is 1. The lowest BCUT2D eigenvalue weighted by Crippen LogP contribution is -2.41. The monoisotopic (exact) mass is 251 g/mol. The van der Waals surface area contributed by atoms with Crippen molar-refractivity contribution in [3.8, 4) is 0 Å². The molecular formula is C10H16F3N3O. The number of hydrogen-bond donors (Lipinski definition) is 3. The van der Waals surface area contributed by atoms with Gasteiger partial charge in [0.1, 0.15) is 6.54 Å². The van der Waals surface area contributed by atoms with Crippen LogP contribution in [-0.4, -0.2) is 38.4 Å². The van der Waals surface area contributed by atoms with Crippen molar-refractivity contribution in [2.75, 3.05) is 26.2 Å². The molecule has 0 atom stereocenters. The van der Waals surface area contributed by atoms with Crippen LogP contribution in [0.4, 0.5) is 18.0 Å². The van der Waals surface area contributed by atoms with Gasteiger partial charge in [-0.05, 0) is 19.4 Å². The quantitative estimate of drug-likeness (QED) is 0.657. The summed E-state index contributed by atoms with van der Waals surface area (Å²) >= 11 is 0. The molecule has 3 N–H and O–H groups in total. The Morgan fingerprint density at radius 1 is 1.41 bits per heavy atom. The molecule has 1 heterocycles. The van der Waals surface area contributed by atoms with Gasteiger partial charge >= 0.3 is 12.2 Å². The van der Waals surface area contributed by atoms with Crippen LogP contribution in [0.3, 0.4) is 0 Å². The summed E-state index contributed by atoms with van der Waals surface area (Å²) in [6, 6.07) is -0.781. The molecule has 0 saturated heterocycles. The lowest BCUT2D eigenvalue weighted by molar-refractivity contribution is -0.122. The summed E-state index contributed by atoms with van der Waals surface area (Å²) in [5, 5.41) is 7.29. The highest BCUT2D eigenvalue weighted by atomic mass is 19.4. The van der Waals surface area contributed by atoms with Crippen LogP contribution in [-0.2, 0) is 0 Å². The number of rotatable bonds is 4. The van der Waals surface area contributed by atoms with E-state index < -0.39 is 18.8 Å². The van der Waals surface area contributed by atoms with Gasteiger partial charge in [0, 0.05) is 13.1 Å². The maximum Gasteiger partial charge on any atom is 0.405 e. The number of nitrogens with one attached hydrogen (secondary N) is 3. The first-order valence-electron chi connectivity index (χ1n) is 5.44. The Bertz CT molecular complexity index is 289. The van der Waals surface area contributed by atoms with Crippen molar-refractivity contribution < 1.29 is 18.0 Å². The van der Waals surface area contributed by atoms with E-state index in [0.29, 0.717) is 13.0 Å². The zero-order chi connectivity index (χ0) is 12.7. The van der Waals surface area contributed by atoms with Crippen molar-refractivity contribution in [3.63, 3.8) is 0 Å². The SMILES string of the molecule is O=C(NCCC1=CCNCC1)NCC(F)(F)F. The van der Waals surface area contributed by atoms with Gasteiger partial charge in [-0.2, -0.15) is 13.2 Å². The first kappa shape index (κ1) is 13.8. The second kappa shape index (κ2) is 6.48. The molecule has 0 saturated carbocycles. The number of alkyl halides is 3. The largest absolute Gasteiger partial charge is 0.405 e. The van der Waals surface area contributed by atoms with Crippen LogP contribution in [0.2, 0.25) is 0 Å². The van der Waals surface area contributed by atoms with E-state index in [2.05, 4.69) is 10.6 Å². The van der Waals surface area contributed by atoms with E-state index in [0.717, 1.165) is 19.5 Å². The average Bonchev–Trinajstić information content (AvgIpc) is 2.27. The van der Waals surface area contributed by atoms with Crippen molar-refractivity contribution in [1.29, 1.82) is 0 Å². The molecule has 0 bridgehead atoms. The fraction of sp³-hybridized carbons (Fsp3) is 0.700. The van der Waals surface area contributed by atoms with Crippen LogP contribution in [0.25, 0.3) is 0 Å². The third kappa shape index (κ3) is 6.83. The number of halogens is 3. The average molecular weight is 251 g/mol. The molecule has 0 aliphatic carbocycles. The molecule has 0 radical (unpaired) electrons. The van der Waals surface area contributed by atoms with Gasteiger partial charge in [-0.25, -0.2) is 4.79 Å². The van der Waals surface area contributed by atoms with Crippen LogP contribution in [0.1, 0.15) is 12.8 Å². The molecule has 17 heavy (non-hydrogen) atoms. The normalized spacial score (nSPS) is 16.3. The minimum absolute atomic E-state index is 0.357. The van der Waals surface area contributed by atoms with E-state index in [-0.39, 0.29) is 0 Å². The molecule has 4 nitrogen and oxygen atoms in total. The van der Waals surface area contributed by atoms with Crippen molar-refractivity contribution in [3.05, 3.63) is 11.6 Å². The van der Waals surface area contributed by atoms with E-state index in [1.54, 1.807) is 5.32 Å². The maximum atomic E-state index is 11.8. The topological polar surface area (TPSA) is 53.2 Å². The van der Waals surface area contributed by atoms with E-state index >= 15 is 0 Å². The third-order valence-electron chi connectivity index (χ3n) is 2.34. The number of carbonyl (C=O) groups excluding carboxylic acids is 1. The zero-order valence-electron chi connectivity index (χ0n) is 9.36. The van der Waals surface area contributed by atoms with Crippen LogP contribution in [0.5, 0.6) is 0 Å². The second-order valence-electron chi connectivity index (χ2n) is 3.79. The number of hydrogen-bond acceptors (Lipinski definition) is 2. The Kier molecular flexibility index (Phi) is 5.27. The number of urea groups is 1. The first-order chi connectivity index (χ1) is 7.97. The molecule has 0 aromatic carbocycles. The summed E-state index contributed by atoms with van der Waals surface area (Å²) in [5.74, 6) is 0. The molecule has 0 spiro atoms. The van der Waals surface area contributed by atoms with Crippen molar-refractivity contribution in [2.24, 2.45) is 0 Å². The van der Waals surface area contributed by atoms with E-state index in [1.165, 1.54) is 5.57 Å². The highest BCUT2D eigenvalue weighted by molar-refractivity contribution is 5.73. The third-order valence-corrected chi connectivity index (χ3v) is 2.34. The Morgan fingerprint density at radius 2 is 2.18 bits per heavy atom. The van der Waals surface area contributed by atoms with Gasteiger partial charge in [0.05, 0.1) is 0 Å². The van der Waals surface area contributed by atoms with Crippen molar-refractivity contribution >= 4 is 6.03 Å². The van der Waals surface area contributed by atoms with Gasteiger partial charge < -0.3 is 16.0 Å². The molecular weight excluding hydrogens is 235 g/mol. The summed E-state index contributed by atoms with van der Waals surface area (Å²) in [6.45, 7) is 0.780. The molecule has 1 aliphatic rings. The summed E-state index contributed by atoms with van der Waals surface area (Å²) in [6.07, 6.45) is -0.722. The highest BCUT2D eigenvalue weighted by Gasteiger charge is 2.27. The fourth-order valence-corrected chi connectivity index (χ4v) is 1.48. The summed E-state index contributed by atoms with van der Waals surface area (Å²) in [7, 11) is 0. The fourth-order valence-electron chi connectivity index (χ4n) is 1.48. The van der Waals surface area contributed by atoms with E-state index in [4.69, 9.17) is 0 Å².